The predicted octanol–water partition coefficient (Wildman–Crippen LogP) is 2.26. The molecule has 0 N–H and O–H groups in total. The van der Waals surface area contributed by atoms with E-state index in [-0.39, 0.29) is 17.1 Å². The first-order chi connectivity index (χ1) is 9.34. The van der Waals surface area contributed by atoms with Crippen LogP contribution in [0.5, 0.6) is 5.75 Å². The molecule has 2 rings (SSSR count). The molecule has 0 aliphatic carbocycles. The molecule has 1 aromatic carbocycles. The van der Waals surface area contributed by atoms with Gasteiger partial charge in [0.15, 0.2) is 0 Å². The second kappa shape index (κ2) is 6.01. The minimum atomic E-state index is -3.52. The molecular weight excluding hydrogens is 346 g/mol. The third-order valence-corrected chi connectivity index (χ3v) is 5.63. The maximum atomic E-state index is 12.7. The van der Waals surface area contributed by atoms with Crippen LogP contribution in [0.25, 0.3) is 0 Å². The van der Waals surface area contributed by atoms with Gasteiger partial charge in [-0.1, -0.05) is 0 Å². The van der Waals surface area contributed by atoms with E-state index in [4.69, 9.17) is 9.47 Å². The van der Waals surface area contributed by atoms with Crippen molar-refractivity contribution < 1.29 is 17.9 Å². The molecule has 0 bridgehead atoms. The summed E-state index contributed by atoms with van der Waals surface area (Å²) >= 11 is 3.32. The first-order valence-corrected chi connectivity index (χ1v) is 8.57. The van der Waals surface area contributed by atoms with Crippen LogP contribution in [0.1, 0.15) is 13.8 Å². The summed E-state index contributed by atoms with van der Waals surface area (Å²) in [7, 11) is -2.02. The summed E-state index contributed by atoms with van der Waals surface area (Å²) in [6.45, 7) is 4.48. The fourth-order valence-electron chi connectivity index (χ4n) is 2.28. The molecule has 1 aliphatic heterocycles. The zero-order valence-electron chi connectivity index (χ0n) is 11.7. The van der Waals surface area contributed by atoms with Crippen LogP contribution in [0.3, 0.4) is 0 Å². The Morgan fingerprint density at radius 2 is 1.90 bits per heavy atom. The Hall–Kier alpha value is -0.630. The summed E-state index contributed by atoms with van der Waals surface area (Å²) in [5, 5.41) is 0. The van der Waals surface area contributed by atoms with E-state index in [1.165, 1.54) is 17.5 Å². The van der Waals surface area contributed by atoms with E-state index in [2.05, 4.69) is 15.9 Å². The third kappa shape index (κ3) is 3.16. The van der Waals surface area contributed by atoms with Crippen molar-refractivity contribution in [2.24, 2.45) is 0 Å². The summed E-state index contributed by atoms with van der Waals surface area (Å²) in [5.41, 5.74) is 0. The van der Waals surface area contributed by atoms with Crippen LogP contribution in [-0.4, -0.2) is 45.1 Å². The Balaban J connectivity index is 2.34. The summed E-state index contributed by atoms with van der Waals surface area (Å²) in [4.78, 5) is 0.235. The van der Waals surface area contributed by atoms with Gasteiger partial charge in [-0.15, -0.1) is 0 Å². The van der Waals surface area contributed by atoms with Crippen molar-refractivity contribution in [3.8, 4) is 5.75 Å². The number of halogens is 1. The van der Waals surface area contributed by atoms with Crippen LogP contribution in [0.2, 0.25) is 0 Å². The van der Waals surface area contributed by atoms with Gasteiger partial charge in [0.2, 0.25) is 10.0 Å². The van der Waals surface area contributed by atoms with Crippen molar-refractivity contribution >= 4 is 26.0 Å². The minimum absolute atomic E-state index is 0.106. The number of morpholine rings is 1. The van der Waals surface area contributed by atoms with E-state index in [0.29, 0.717) is 18.8 Å². The first kappa shape index (κ1) is 15.8. The van der Waals surface area contributed by atoms with E-state index in [1.54, 1.807) is 12.1 Å². The average molecular weight is 364 g/mol. The number of rotatable bonds is 3. The maximum Gasteiger partial charge on any atom is 0.243 e. The van der Waals surface area contributed by atoms with Crippen LogP contribution in [-0.2, 0) is 14.8 Å². The zero-order chi connectivity index (χ0) is 14.9. The molecular formula is C13H18BrNO4S. The predicted molar refractivity (Wildman–Crippen MR) is 79.5 cm³/mol. The SMILES string of the molecule is COc1cc(S(=O)(=O)N2CC(C)OC(C)C2)ccc1Br. The van der Waals surface area contributed by atoms with Crippen LogP contribution in [0.15, 0.2) is 27.6 Å². The summed E-state index contributed by atoms with van der Waals surface area (Å²) in [6, 6.07) is 4.79. The third-order valence-electron chi connectivity index (χ3n) is 3.15. The maximum absolute atomic E-state index is 12.7. The lowest BCUT2D eigenvalue weighted by molar-refractivity contribution is -0.0440. The molecule has 2 atom stereocenters. The molecule has 7 heteroatoms. The standard InChI is InChI=1S/C13H18BrNO4S/c1-9-7-15(8-10(2)19-9)20(16,17)11-4-5-12(14)13(6-11)18-3/h4-6,9-10H,7-8H2,1-3H3. The molecule has 1 heterocycles. The quantitative estimate of drug-likeness (QED) is 0.826. The van der Waals surface area contributed by atoms with E-state index in [9.17, 15) is 8.42 Å². The molecule has 1 fully saturated rings. The van der Waals surface area contributed by atoms with E-state index in [0.717, 1.165) is 4.47 Å². The summed E-state index contributed by atoms with van der Waals surface area (Å²) in [5.74, 6) is 0.500. The van der Waals surface area contributed by atoms with Gasteiger partial charge in [0.25, 0.3) is 0 Å². The monoisotopic (exact) mass is 363 g/mol. The lowest BCUT2D eigenvalue weighted by Crippen LogP contribution is -2.48. The summed E-state index contributed by atoms with van der Waals surface area (Å²) in [6.07, 6.45) is -0.211. The largest absolute Gasteiger partial charge is 0.496 e. The smallest absolute Gasteiger partial charge is 0.243 e. The van der Waals surface area contributed by atoms with Gasteiger partial charge in [-0.05, 0) is 41.9 Å². The van der Waals surface area contributed by atoms with Crippen molar-refractivity contribution in [2.45, 2.75) is 31.0 Å². The van der Waals surface area contributed by atoms with Gasteiger partial charge in [0.05, 0.1) is 28.7 Å². The highest BCUT2D eigenvalue weighted by atomic mass is 79.9. The number of benzene rings is 1. The number of hydrogen-bond acceptors (Lipinski definition) is 4. The first-order valence-electron chi connectivity index (χ1n) is 6.33. The second-order valence-corrected chi connectivity index (χ2v) is 7.67. The number of sulfonamides is 1. The molecule has 5 nitrogen and oxygen atoms in total. The fourth-order valence-corrected chi connectivity index (χ4v) is 4.29. The Bertz CT molecular complexity index is 580. The fraction of sp³-hybridized carbons (Fsp3) is 0.538. The van der Waals surface area contributed by atoms with Gasteiger partial charge in [-0.25, -0.2) is 8.42 Å². The zero-order valence-corrected chi connectivity index (χ0v) is 14.1. The molecule has 1 aromatic rings. The molecule has 0 spiro atoms. The Morgan fingerprint density at radius 1 is 1.30 bits per heavy atom. The molecule has 1 saturated heterocycles. The average Bonchev–Trinajstić information content (AvgIpc) is 2.37. The topological polar surface area (TPSA) is 55.8 Å². The van der Waals surface area contributed by atoms with Crippen LogP contribution < -0.4 is 4.74 Å². The number of ether oxygens (including phenoxy) is 2. The van der Waals surface area contributed by atoms with E-state index in [1.807, 2.05) is 13.8 Å². The summed E-state index contributed by atoms with van der Waals surface area (Å²) < 4.78 is 38.2. The molecule has 0 amide bonds. The van der Waals surface area contributed by atoms with E-state index >= 15 is 0 Å². The lowest BCUT2D eigenvalue weighted by atomic mass is 10.3. The Labute approximate surface area is 128 Å². The molecule has 20 heavy (non-hydrogen) atoms. The Morgan fingerprint density at radius 3 is 2.45 bits per heavy atom. The normalized spacial score (nSPS) is 24.6. The molecule has 112 valence electrons. The molecule has 2 unspecified atom stereocenters. The Kier molecular flexibility index (Phi) is 4.73. The van der Waals surface area contributed by atoms with Gasteiger partial charge in [0.1, 0.15) is 5.75 Å². The second-order valence-electron chi connectivity index (χ2n) is 4.88. The van der Waals surface area contributed by atoms with Crippen LogP contribution >= 0.6 is 15.9 Å². The van der Waals surface area contributed by atoms with Gasteiger partial charge >= 0.3 is 0 Å². The molecule has 1 aliphatic rings. The van der Waals surface area contributed by atoms with Crippen LogP contribution in [0.4, 0.5) is 0 Å². The number of hydrogen-bond donors (Lipinski definition) is 0. The highest BCUT2D eigenvalue weighted by molar-refractivity contribution is 9.10. The molecule has 0 radical (unpaired) electrons. The van der Waals surface area contributed by atoms with Crippen molar-refractivity contribution in [3.63, 3.8) is 0 Å². The lowest BCUT2D eigenvalue weighted by Gasteiger charge is -2.34. The van der Waals surface area contributed by atoms with Gasteiger partial charge in [0, 0.05) is 19.2 Å². The van der Waals surface area contributed by atoms with Gasteiger partial charge in [-0.3, -0.25) is 0 Å². The van der Waals surface area contributed by atoms with Crippen molar-refractivity contribution in [1.82, 2.24) is 4.31 Å². The van der Waals surface area contributed by atoms with Crippen molar-refractivity contribution in [1.29, 1.82) is 0 Å². The van der Waals surface area contributed by atoms with Crippen molar-refractivity contribution in [3.05, 3.63) is 22.7 Å². The molecule has 0 saturated carbocycles. The minimum Gasteiger partial charge on any atom is -0.496 e. The van der Waals surface area contributed by atoms with Crippen LogP contribution in [0, 0.1) is 0 Å². The highest BCUT2D eigenvalue weighted by Crippen LogP contribution is 2.29. The number of methoxy groups -OCH3 is 1. The van der Waals surface area contributed by atoms with Gasteiger partial charge < -0.3 is 9.47 Å². The number of nitrogens with zero attached hydrogens (tertiary/aromatic N) is 1. The van der Waals surface area contributed by atoms with E-state index < -0.39 is 10.0 Å². The highest BCUT2D eigenvalue weighted by Gasteiger charge is 2.32. The van der Waals surface area contributed by atoms with Gasteiger partial charge in [-0.2, -0.15) is 4.31 Å². The van der Waals surface area contributed by atoms with Crippen molar-refractivity contribution in [2.75, 3.05) is 20.2 Å². The molecule has 0 aromatic heterocycles.